The van der Waals surface area contributed by atoms with Gasteiger partial charge in [0.1, 0.15) is 0 Å². The molecule has 0 bridgehead atoms. The molecule has 3 nitrogen and oxygen atoms in total. The van der Waals surface area contributed by atoms with Crippen molar-refractivity contribution < 1.29 is 50.7 Å². The van der Waals surface area contributed by atoms with Crippen LogP contribution in [0.4, 0.5) is 11.4 Å². The summed E-state index contributed by atoms with van der Waals surface area (Å²) >= 11 is 0. The molecule has 0 amide bonds. The van der Waals surface area contributed by atoms with Crippen LogP contribution < -0.4 is 44.6 Å². The minimum absolute atomic E-state index is 0. The topological polar surface area (TPSA) is 27.3 Å². The number of nitrogens with one attached hydrogen (secondary N) is 2. The summed E-state index contributed by atoms with van der Waals surface area (Å²) in [5, 5.41) is 7.52. The third kappa shape index (κ3) is 10.8. The molecule has 35 heavy (non-hydrogen) atoms. The van der Waals surface area contributed by atoms with Gasteiger partial charge < -0.3 is 49.5 Å². The van der Waals surface area contributed by atoms with Crippen LogP contribution in [0.1, 0.15) is 74.9 Å². The Balaban J connectivity index is 0. The fourth-order valence-corrected chi connectivity index (χ4v) is 4.51. The maximum atomic E-state index is 3.76. The Kier molecular flexibility index (Phi) is 20.5. The minimum atomic E-state index is 0. The Bertz CT molecular complexity index is 738. The minimum Gasteiger partial charge on any atom is -1.00 e. The van der Waals surface area contributed by atoms with Crippen molar-refractivity contribution >= 4 is 11.4 Å². The van der Waals surface area contributed by atoms with E-state index in [1.54, 1.807) is 0 Å². The zero-order valence-electron chi connectivity index (χ0n) is 22.9. The van der Waals surface area contributed by atoms with Gasteiger partial charge >= 0.3 is 16.8 Å². The zero-order valence-corrected chi connectivity index (χ0v) is 27.1. The quantitative estimate of drug-likeness (QED) is 0.311. The number of hydrogen-bond acceptors (Lipinski definition) is 3. The molecule has 0 fully saturated rings. The predicted octanol–water partition coefficient (Wildman–Crippen LogP) is 0.522. The molecule has 0 saturated heterocycles. The van der Waals surface area contributed by atoms with Gasteiger partial charge in [-0.05, 0) is 79.0 Å². The second kappa shape index (κ2) is 19.6. The molecule has 2 N–H and O–H groups in total. The van der Waals surface area contributed by atoms with Gasteiger partial charge in [0.25, 0.3) is 0 Å². The Morgan fingerprint density at radius 1 is 0.543 bits per heavy atom. The van der Waals surface area contributed by atoms with Crippen LogP contribution >= 0.6 is 0 Å². The molecule has 2 rings (SSSR count). The molecule has 0 aliphatic rings. The summed E-state index contributed by atoms with van der Waals surface area (Å²) in [6, 6.07) is 9.54. The number of benzene rings is 2. The number of hydrogen-bond donors (Lipinski definition) is 2. The number of nitrogens with zero attached hydrogens (tertiary/aromatic N) is 1. The molecule has 2 aromatic carbocycles. The fraction of sp³-hybridized carbons (Fsp3) is 0.586. The van der Waals surface area contributed by atoms with Gasteiger partial charge in [-0.25, -0.2) is 0 Å². The van der Waals surface area contributed by atoms with Crippen molar-refractivity contribution in [2.45, 2.75) is 80.1 Å². The average Bonchev–Trinajstić information content (AvgIpc) is 2.83. The summed E-state index contributed by atoms with van der Waals surface area (Å²) in [6.45, 7) is 17.6. The van der Waals surface area contributed by atoms with Gasteiger partial charge in [-0.15, -0.1) is 0 Å². The van der Waals surface area contributed by atoms with E-state index in [1.807, 2.05) is 0 Å². The smallest absolute Gasteiger partial charge is 1.00 e. The van der Waals surface area contributed by atoms with Crippen LogP contribution in [0.5, 0.6) is 0 Å². The third-order valence-corrected chi connectivity index (χ3v) is 6.65. The maximum Gasteiger partial charge on any atom is 2.00 e. The molecule has 0 aliphatic carbocycles. The Hall–Kier alpha value is -0.534. The Morgan fingerprint density at radius 3 is 1.06 bits per heavy atom. The van der Waals surface area contributed by atoms with Crippen LogP contribution in [0, 0.1) is 0 Å². The van der Waals surface area contributed by atoms with E-state index in [1.165, 1.54) is 44.8 Å². The van der Waals surface area contributed by atoms with E-state index in [0.29, 0.717) is 0 Å². The van der Waals surface area contributed by atoms with Gasteiger partial charge in [0.05, 0.1) is 0 Å². The molecule has 0 heterocycles. The predicted molar refractivity (Wildman–Crippen MR) is 144 cm³/mol. The maximum absolute atomic E-state index is 3.76. The SMILES string of the molecule is CCc1cc(CC)c(NCCN(C)CCNc2c(CC)cc(CC)cc2CC)c(CC)c1.[Br-].[Br-].[Co+2]. The number of rotatable bonds is 14. The van der Waals surface area contributed by atoms with E-state index in [-0.39, 0.29) is 50.7 Å². The first kappa shape index (κ1) is 36.6. The first-order valence-electron chi connectivity index (χ1n) is 13.0. The van der Waals surface area contributed by atoms with E-state index in [9.17, 15) is 0 Å². The van der Waals surface area contributed by atoms with E-state index in [4.69, 9.17) is 0 Å². The second-order valence-electron chi connectivity index (χ2n) is 8.86. The van der Waals surface area contributed by atoms with Crippen molar-refractivity contribution in [2.75, 3.05) is 43.9 Å². The first-order chi connectivity index (χ1) is 15.5. The van der Waals surface area contributed by atoms with Crippen LogP contribution in [0.2, 0.25) is 0 Å². The number of aryl methyl sites for hydroxylation is 6. The van der Waals surface area contributed by atoms with Gasteiger partial charge in [-0.1, -0.05) is 65.8 Å². The van der Waals surface area contributed by atoms with Crippen molar-refractivity contribution in [1.82, 2.24) is 4.90 Å². The van der Waals surface area contributed by atoms with Crippen molar-refractivity contribution in [3.8, 4) is 0 Å². The summed E-state index contributed by atoms with van der Waals surface area (Å²) in [4.78, 5) is 2.43. The number of anilines is 2. The summed E-state index contributed by atoms with van der Waals surface area (Å²) in [7, 11) is 2.23. The van der Waals surface area contributed by atoms with Crippen LogP contribution in [-0.4, -0.2) is 38.1 Å². The van der Waals surface area contributed by atoms with Crippen molar-refractivity contribution in [2.24, 2.45) is 0 Å². The summed E-state index contributed by atoms with van der Waals surface area (Å²) < 4.78 is 0. The zero-order chi connectivity index (χ0) is 23.5. The summed E-state index contributed by atoms with van der Waals surface area (Å²) in [5.41, 5.74) is 11.5. The van der Waals surface area contributed by atoms with Crippen LogP contribution in [-0.2, 0) is 55.3 Å². The van der Waals surface area contributed by atoms with E-state index >= 15 is 0 Å². The van der Waals surface area contributed by atoms with E-state index < -0.39 is 0 Å². The molecule has 0 spiro atoms. The molecule has 6 heteroatoms. The third-order valence-electron chi connectivity index (χ3n) is 6.65. The van der Waals surface area contributed by atoms with Crippen molar-refractivity contribution in [3.05, 3.63) is 57.6 Å². The molecule has 0 unspecified atom stereocenters. The van der Waals surface area contributed by atoms with Crippen LogP contribution in [0.15, 0.2) is 24.3 Å². The van der Waals surface area contributed by atoms with E-state index in [2.05, 4.69) is 88.4 Å². The average molecular weight is 656 g/mol. The molecule has 0 aromatic heterocycles. The molecule has 0 aliphatic heterocycles. The molecule has 0 saturated carbocycles. The Labute approximate surface area is 247 Å². The van der Waals surface area contributed by atoms with Crippen LogP contribution in [0.25, 0.3) is 0 Å². The molecule has 201 valence electrons. The summed E-state index contributed by atoms with van der Waals surface area (Å²) in [5.74, 6) is 0. The molecule has 2 aromatic rings. The number of likely N-dealkylation sites (N-methyl/N-ethyl adjacent to an activating group) is 1. The second-order valence-corrected chi connectivity index (χ2v) is 8.86. The normalized spacial score (nSPS) is 10.3. The van der Waals surface area contributed by atoms with Crippen molar-refractivity contribution in [1.29, 1.82) is 0 Å². The Morgan fingerprint density at radius 2 is 0.829 bits per heavy atom. The van der Waals surface area contributed by atoms with Gasteiger partial charge in [0, 0.05) is 37.6 Å². The van der Waals surface area contributed by atoms with Gasteiger partial charge in [0.15, 0.2) is 0 Å². The molecule has 0 atom stereocenters. The van der Waals surface area contributed by atoms with E-state index in [0.717, 1.165) is 64.7 Å². The molecule has 1 radical (unpaired) electrons. The summed E-state index contributed by atoms with van der Waals surface area (Å²) in [6.07, 6.45) is 6.55. The fourth-order valence-electron chi connectivity index (χ4n) is 4.51. The first-order valence-corrected chi connectivity index (χ1v) is 13.0. The molecular formula is C29H47Br2CoN3. The van der Waals surface area contributed by atoms with Gasteiger partial charge in [0.2, 0.25) is 0 Å². The van der Waals surface area contributed by atoms with Gasteiger partial charge in [-0.3, -0.25) is 0 Å². The largest absolute Gasteiger partial charge is 2.00 e. The van der Waals surface area contributed by atoms with Gasteiger partial charge in [-0.2, -0.15) is 0 Å². The monoisotopic (exact) mass is 654 g/mol. The van der Waals surface area contributed by atoms with Crippen LogP contribution in [0.3, 0.4) is 0 Å². The number of halogens is 2. The molecular weight excluding hydrogens is 609 g/mol. The van der Waals surface area contributed by atoms with Crippen molar-refractivity contribution in [3.63, 3.8) is 0 Å². The standard InChI is InChI=1S/C29H47N3.2BrH.Co/c1-8-22-18-24(10-3)28(25(11-4)19-22)30-14-16-32(7)17-15-31-29-26(12-5)20-23(9-2)21-27(29)13-6;;;/h18-21,30-31H,8-17H2,1-7H3;2*1H;/q;;;+2/p-2.